The first-order chi connectivity index (χ1) is 8.13. The van der Waals surface area contributed by atoms with Crippen LogP contribution in [-0.4, -0.2) is 36.6 Å². The van der Waals surface area contributed by atoms with E-state index in [0.29, 0.717) is 26.1 Å². The monoisotopic (exact) mass is 303 g/mol. The van der Waals surface area contributed by atoms with Crippen molar-refractivity contribution >= 4 is 15.9 Å². The van der Waals surface area contributed by atoms with E-state index in [2.05, 4.69) is 21.2 Å². The fourth-order valence-electron chi connectivity index (χ4n) is 1.46. The molecule has 0 saturated heterocycles. The fourth-order valence-corrected chi connectivity index (χ4v) is 1.87. The normalized spacial score (nSPS) is 12.6. The summed E-state index contributed by atoms with van der Waals surface area (Å²) in [6.45, 7) is 1.60. The van der Waals surface area contributed by atoms with Gasteiger partial charge in [-0.05, 0) is 31.2 Å². The van der Waals surface area contributed by atoms with Crippen LogP contribution >= 0.6 is 15.9 Å². The smallest absolute Gasteiger partial charge is 0.120 e. The van der Waals surface area contributed by atoms with Gasteiger partial charge in [0.1, 0.15) is 5.75 Å². The highest BCUT2D eigenvalue weighted by Crippen LogP contribution is 2.21. The van der Waals surface area contributed by atoms with Gasteiger partial charge in [-0.25, -0.2) is 0 Å². The predicted octanol–water partition coefficient (Wildman–Crippen LogP) is 1.64. The standard InChI is InChI=1S/C12H18BrNO3/c1-17-8-11(15)4-5-14-7-9-6-10(13)2-3-12(9)16/h2-3,6,11,14-16H,4-5,7-8H2,1H3. The van der Waals surface area contributed by atoms with E-state index < -0.39 is 6.10 Å². The van der Waals surface area contributed by atoms with Crippen LogP contribution in [0.4, 0.5) is 0 Å². The number of aliphatic hydroxyl groups excluding tert-OH is 1. The summed E-state index contributed by atoms with van der Waals surface area (Å²) in [7, 11) is 1.57. The second-order valence-corrected chi connectivity index (χ2v) is 4.76. The largest absolute Gasteiger partial charge is 0.508 e. The zero-order valence-corrected chi connectivity index (χ0v) is 11.4. The van der Waals surface area contributed by atoms with Gasteiger partial charge in [0.2, 0.25) is 0 Å². The van der Waals surface area contributed by atoms with E-state index in [-0.39, 0.29) is 5.75 Å². The lowest BCUT2D eigenvalue weighted by atomic mass is 10.2. The highest BCUT2D eigenvalue weighted by atomic mass is 79.9. The van der Waals surface area contributed by atoms with Crippen molar-refractivity contribution < 1.29 is 14.9 Å². The molecule has 1 atom stereocenters. The average Bonchev–Trinajstić information content (AvgIpc) is 2.29. The Labute approximate surface area is 110 Å². The Hall–Kier alpha value is -0.620. The molecule has 0 radical (unpaired) electrons. The molecule has 0 amide bonds. The minimum Gasteiger partial charge on any atom is -0.508 e. The van der Waals surface area contributed by atoms with Crippen LogP contribution in [0.15, 0.2) is 22.7 Å². The number of rotatable bonds is 7. The van der Waals surface area contributed by atoms with Crippen molar-refractivity contribution in [3.8, 4) is 5.75 Å². The maximum atomic E-state index is 9.60. The molecule has 5 heteroatoms. The molecule has 0 aliphatic carbocycles. The molecule has 3 N–H and O–H groups in total. The molecule has 96 valence electrons. The number of hydrogen-bond donors (Lipinski definition) is 3. The lowest BCUT2D eigenvalue weighted by Crippen LogP contribution is -2.23. The summed E-state index contributed by atoms with van der Waals surface area (Å²) in [6.07, 6.45) is 0.186. The third-order valence-corrected chi connectivity index (χ3v) is 2.86. The number of phenols is 1. The highest BCUT2D eigenvalue weighted by molar-refractivity contribution is 9.10. The number of phenolic OH excluding ortho intramolecular Hbond substituents is 1. The molecule has 0 spiro atoms. The van der Waals surface area contributed by atoms with Crippen molar-refractivity contribution in [2.24, 2.45) is 0 Å². The maximum Gasteiger partial charge on any atom is 0.120 e. The van der Waals surface area contributed by atoms with Gasteiger partial charge in [0.05, 0.1) is 12.7 Å². The average molecular weight is 304 g/mol. The molecule has 0 saturated carbocycles. The summed E-state index contributed by atoms with van der Waals surface area (Å²) < 4.78 is 5.77. The number of methoxy groups -OCH3 is 1. The van der Waals surface area contributed by atoms with Gasteiger partial charge in [0.25, 0.3) is 0 Å². The van der Waals surface area contributed by atoms with E-state index >= 15 is 0 Å². The zero-order valence-electron chi connectivity index (χ0n) is 9.82. The van der Waals surface area contributed by atoms with E-state index in [4.69, 9.17) is 4.74 Å². The molecule has 1 aromatic carbocycles. The summed E-state index contributed by atoms with van der Waals surface area (Å²) in [4.78, 5) is 0. The van der Waals surface area contributed by atoms with Crippen molar-refractivity contribution in [3.05, 3.63) is 28.2 Å². The second-order valence-electron chi connectivity index (χ2n) is 3.85. The second kappa shape index (κ2) is 7.66. The first-order valence-corrected chi connectivity index (χ1v) is 6.28. The highest BCUT2D eigenvalue weighted by Gasteiger charge is 2.04. The molecule has 0 heterocycles. The van der Waals surface area contributed by atoms with Crippen LogP contribution in [0.5, 0.6) is 5.75 Å². The molecule has 1 rings (SSSR count). The van der Waals surface area contributed by atoms with Crippen molar-refractivity contribution in [3.63, 3.8) is 0 Å². The van der Waals surface area contributed by atoms with Gasteiger partial charge in [0, 0.05) is 23.7 Å². The van der Waals surface area contributed by atoms with Crippen molar-refractivity contribution in [1.29, 1.82) is 0 Å². The third-order valence-electron chi connectivity index (χ3n) is 2.37. The molecule has 0 fully saturated rings. The zero-order chi connectivity index (χ0) is 12.7. The minimum absolute atomic E-state index is 0.276. The maximum absolute atomic E-state index is 9.60. The van der Waals surface area contributed by atoms with Gasteiger partial charge in [-0.1, -0.05) is 15.9 Å². The van der Waals surface area contributed by atoms with Crippen LogP contribution in [0.2, 0.25) is 0 Å². The molecule has 0 bridgehead atoms. The van der Waals surface area contributed by atoms with Crippen LogP contribution in [0.1, 0.15) is 12.0 Å². The summed E-state index contributed by atoms with van der Waals surface area (Å²) in [5.41, 5.74) is 0.834. The van der Waals surface area contributed by atoms with Gasteiger partial charge in [-0.3, -0.25) is 0 Å². The summed E-state index contributed by atoms with van der Waals surface area (Å²) in [5, 5.41) is 22.2. The number of benzene rings is 1. The number of aliphatic hydroxyl groups is 1. The Balaban J connectivity index is 2.28. The summed E-state index contributed by atoms with van der Waals surface area (Å²) in [6, 6.07) is 5.32. The topological polar surface area (TPSA) is 61.7 Å². The first kappa shape index (κ1) is 14.4. The fraction of sp³-hybridized carbons (Fsp3) is 0.500. The van der Waals surface area contributed by atoms with Crippen LogP contribution in [0.3, 0.4) is 0 Å². The van der Waals surface area contributed by atoms with Gasteiger partial charge in [0.15, 0.2) is 0 Å². The van der Waals surface area contributed by atoms with E-state index in [1.165, 1.54) is 0 Å². The summed E-state index contributed by atoms with van der Waals surface area (Å²) in [5.74, 6) is 0.276. The van der Waals surface area contributed by atoms with Crippen LogP contribution in [-0.2, 0) is 11.3 Å². The summed E-state index contributed by atoms with van der Waals surface area (Å²) >= 11 is 3.35. The van der Waals surface area contributed by atoms with E-state index in [9.17, 15) is 10.2 Å². The van der Waals surface area contributed by atoms with Gasteiger partial charge in [-0.2, -0.15) is 0 Å². The molecular weight excluding hydrogens is 286 g/mol. The molecule has 1 aromatic rings. The van der Waals surface area contributed by atoms with E-state index in [1.54, 1.807) is 19.2 Å². The molecule has 0 aliphatic rings. The SMILES string of the molecule is COCC(O)CCNCc1cc(Br)ccc1O. The predicted molar refractivity (Wildman–Crippen MR) is 70.0 cm³/mol. The van der Waals surface area contributed by atoms with Crippen LogP contribution in [0, 0.1) is 0 Å². The number of nitrogens with one attached hydrogen (secondary N) is 1. The quantitative estimate of drug-likeness (QED) is 0.670. The van der Waals surface area contributed by atoms with Gasteiger partial charge in [-0.15, -0.1) is 0 Å². The minimum atomic E-state index is -0.441. The van der Waals surface area contributed by atoms with Crippen molar-refractivity contribution in [2.75, 3.05) is 20.3 Å². The Bertz CT molecular complexity index is 347. The Kier molecular flexibility index (Phi) is 6.50. The molecule has 0 aromatic heterocycles. The number of aromatic hydroxyl groups is 1. The van der Waals surface area contributed by atoms with E-state index in [1.807, 2.05) is 6.07 Å². The van der Waals surface area contributed by atoms with Gasteiger partial charge < -0.3 is 20.3 Å². The lowest BCUT2D eigenvalue weighted by Gasteiger charge is -2.10. The number of hydrogen-bond acceptors (Lipinski definition) is 4. The molecule has 0 aliphatic heterocycles. The third kappa shape index (κ3) is 5.50. The number of halogens is 1. The Morgan fingerprint density at radius 1 is 1.47 bits per heavy atom. The molecule has 1 unspecified atom stereocenters. The van der Waals surface area contributed by atoms with Crippen LogP contribution in [0.25, 0.3) is 0 Å². The van der Waals surface area contributed by atoms with Crippen LogP contribution < -0.4 is 5.32 Å². The Morgan fingerprint density at radius 2 is 2.24 bits per heavy atom. The number of ether oxygens (including phenoxy) is 1. The van der Waals surface area contributed by atoms with Crippen molar-refractivity contribution in [1.82, 2.24) is 5.32 Å². The molecular formula is C12H18BrNO3. The first-order valence-electron chi connectivity index (χ1n) is 5.48. The molecule has 17 heavy (non-hydrogen) atoms. The Morgan fingerprint density at radius 3 is 2.94 bits per heavy atom. The van der Waals surface area contributed by atoms with Gasteiger partial charge >= 0.3 is 0 Å². The van der Waals surface area contributed by atoms with E-state index in [0.717, 1.165) is 10.0 Å². The lowest BCUT2D eigenvalue weighted by molar-refractivity contribution is 0.0594. The molecule has 4 nitrogen and oxygen atoms in total. The van der Waals surface area contributed by atoms with Crippen molar-refractivity contribution in [2.45, 2.75) is 19.1 Å².